The van der Waals surface area contributed by atoms with Crippen LogP contribution in [0, 0.1) is 13.8 Å². The van der Waals surface area contributed by atoms with E-state index in [-0.39, 0.29) is 11.9 Å². The molecule has 1 unspecified atom stereocenters. The van der Waals surface area contributed by atoms with Crippen molar-refractivity contribution in [3.63, 3.8) is 0 Å². The first-order chi connectivity index (χ1) is 10.4. The molecule has 0 aliphatic carbocycles. The van der Waals surface area contributed by atoms with Crippen molar-refractivity contribution in [2.45, 2.75) is 26.8 Å². The van der Waals surface area contributed by atoms with Crippen molar-refractivity contribution < 1.29 is 4.79 Å². The Balaban J connectivity index is 1.85. The van der Waals surface area contributed by atoms with Gasteiger partial charge in [0.15, 0.2) is 5.65 Å². The monoisotopic (exact) mass is 298 g/mol. The fourth-order valence-corrected chi connectivity index (χ4v) is 2.37. The Morgan fingerprint density at radius 2 is 2.09 bits per heavy atom. The number of hydrogen-bond donors (Lipinski definition) is 1. The van der Waals surface area contributed by atoms with Gasteiger partial charge in [-0.3, -0.25) is 9.48 Å². The maximum Gasteiger partial charge on any atom is 0.270 e. The summed E-state index contributed by atoms with van der Waals surface area (Å²) >= 11 is 0. The molecule has 3 heterocycles. The standard InChI is InChI=1S/C15H18N6O/c1-9-5-14-18-13(6-10(2)21(14)19-9)15(22)17-11(3)12-7-16-20(4)8-12/h5-8,11H,1-4H3,(H,17,22). The quantitative estimate of drug-likeness (QED) is 0.796. The third kappa shape index (κ3) is 2.57. The Morgan fingerprint density at radius 3 is 2.77 bits per heavy atom. The number of amides is 1. The molecule has 114 valence electrons. The summed E-state index contributed by atoms with van der Waals surface area (Å²) in [6.45, 7) is 5.73. The van der Waals surface area contributed by atoms with Crippen molar-refractivity contribution in [2.24, 2.45) is 7.05 Å². The van der Waals surface area contributed by atoms with Crippen LogP contribution in [-0.4, -0.2) is 30.3 Å². The molecule has 0 saturated heterocycles. The summed E-state index contributed by atoms with van der Waals surface area (Å²) in [6.07, 6.45) is 3.63. The van der Waals surface area contributed by atoms with Crippen LogP contribution in [-0.2, 0) is 7.05 Å². The Morgan fingerprint density at radius 1 is 1.32 bits per heavy atom. The van der Waals surface area contributed by atoms with Crippen molar-refractivity contribution in [3.8, 4) is 0 Å². The normalized spacial score (nSPS) is 12.5. The molecule has 0 fully saturated rings. The molecule has 7 heteroatoms. The molecule has 1 amide bonds. The Labute approximate surface area is 128 Å². The highest BCUT2D eigenvalue weighted by Gasteiger charge is 2.15. The number of rotatable bonds is 3. The molecule has 0 radical (unpaired) electrons. The summed E-state index contributed by atoms with van der Waals surface area (Å²) in [5, 5.41) is 11.4. The zero-order valence-corrected chi connectivity index (χ0v) is 13.0. The zero-order chi connectivity index (χ0) is 15.9. The first kappa shape index (κ1) is 14.2. The number of nitrogens with zero attached hydrogens (tertiary/aromatic N) is 5. The fourth-order valence-electron chi connectivity index (χ4n) is 2.37. The van der Waals surface area contributed by atoms with E-state index >= 15 is 0 Å². The molecular weight excluding hydrogens is 280 g/mol. The maximum absolute atomic E-state index is 12.4. The average molecular weight is 298 g/mol. The number of aromatic nitrogens is 5. The van der Waals surface area contributed by atoms with E-state index in [4.69, 9.17) is 0 Å². The van der Waals surface area contributed by atoms with Crippen LogP contribution in [0.2, 0.25) is 0 Å². The van der Waals surface area contributed by atoms with Crippen LogP contribution in [0.1, 0.15) is 40.4 Å². The molecule has 3 aromatic rings. The van der Waals surface area contributed by atoms with Gasteiger partial charge in [-0.25, -0.2) is 9.50 Å². The molecule has 3 aromatic heterocycles. The Bertz CT molecular complexity index is 847. The molecule has 0 spiro atoms. The predicted octanol–water partition coefficient (Wildman–Crippen LogP) is 1.57. The van der Waals surface area contributed by atoms with Crippen LogP contribution >= 0.6 is 0 Å². The van der Waals surface area contributed by atoms with Gasteiger partial charge in [0.2, 0.25) is 0 Å². The second-order valence-electron chi connectivity index (χ2n) is 5.48. The van der Waals surface area contributed by atoms with Gasteiger partial charge in [-0.15, -0.1) is 0 Å². The smallest absolute Gasteiger partial charge is 0.270 e. The van der Waals surface area contributed by atoms with E-state index in [2.05, 4.69) is 20.5 Å². The molecule has 0 aliphatic rings. The van der Waals surface area contributed by atoms with Gasteiger partial charge in [0.25, 0.3) is 5.91 Å². The maximum atomic E-state index is 12.4. The Kier molecular flexibility index (Phi) is 3.40. The lowest BCUT2D eigenvalue weighted by Gasteiger charge is -2.12. The van der Waals surface area contributed by atoms with Gasteiger partial charge in [0, 0.05) is 30.6 Å². The summed E-state index contributed by atoms with van der Waals surface area (Å²) in [5.74, 6) is -0.208. The molecule has 7 nitrogen and oxygen atoms in total. The SMILES string of the molecule is Cc1cc2nc(C(=O)NC(C)c3cnn(C)c3)cc(C)n2n1. The average Bonchev–Trinajstić information content (AvgIpc) is 3.04. The second-order valence-corrected chi connectivity index (χ2v) is 5.48. The summed E-state index contributed by atoms with van der Waals surface area (Å²) in [7, 11) is 1.85. The van der Waals surface area contributed by atoms with Crippen molar-refractivity contribution in [1.82, 2.24) is 29.7 Å². The summed E-state index contributed by atoms with van der Waals surface area (Å²) in [6, 6.07) is 3.46. The van der Waals surface area contributed by atoms with E-state index in [1.807, 2.05) is 40.1 Å². The van der Waals surface area contributed by atoms with Crippen LogP contribution in [0.5, 0.6) is 0 Å². The van der Waals surface area contributed by atoms with Gasteiger partial charge in [0.05, 0.1) is 17.9 Å². The number of hydrogen-bond acceptors (Lipinski definition) is 4. The highest BCUT2D eigenvalue weighted by atomic mass is 16.1. The van der Waals surface area contributed by atoms with Crippen molar-refractivity contribution in [2.75, 3.05) is 0 Å². The topological polar surface area (TPSA) is 77.1 Å². The summed E-state index contributed by atoms with van der Waals surface area (Å²) < 4.78 is 3.44. The molecule has 0 saturated carbocycles. The number of carbonyl (C=O) groups excluding carboxylic acids is 1. The largest absolute Gasteiger partial charge is 0.344 e. The van der Waals surface area contributed by atoms with Crippen LogP contribution in [0.15, 0.2) is 24.5 Å². The molecule has 1 atom stereocenters. The molecule has 3 rings (SSSR count). The minimum Gasteiger partial charge on any atom is -0.344 e. The lowest BCUT2D eigenvalue weighted by molar-refractivity contribution is 0.0935. The van der Waals surface area contributed by atoms with Gasteiger partial charge in [0.1, 0.15) is 5.69 Å². The van der Waals surface area contributed by atoms with E-state index in [1.54, 1.807) is 21.5 Å². The molecule has 22 heavy (non-hydrogen) atoms. The first-order valence-corrected chi connectivity index (χ1v) is 7.07. The van der Waals surface area contributed by atoms with Gasteiger partial charge < -0.3 is 5.32 Å². The second kappa shape index (κ2) is 5.25. The molecule has 0 aromatic carbocycles. The highest BCUT2D eigenvalue weighted by molar-refractivity contribution is 5.93. The van der Waals surface area contributed by atoms with Gasteiger partial charge in [-0.05, 0) is 26.8 Å². The molecule has 1 N–H and O–H groups in total. The van der Waals surface area contributed by atoms with Crippen LogP contribution < -0.4 is 5.32 Å². The first-order valence-electron chi connectivity index (χ1n) is 7.07. The minimum atomic E-state index is -0.208. The summed E-state index contributed by atoms with van der Waals surface area (Å²) in [4.78, 5) is 16.8. The van der Waals surface area contributed by atoms with Crippen LogP contribution in [0.4, 0.5) is 0 Å². The van der Waals surface area contributed by atoms with Crippen molar-refractivity contribution in [3.05, 3.63) is 47.2 Å². The molecule has 0 bridgehead atoms. The minimum absolute atomic E-state index is 0.133. The third-order valence-corrected chi connectivity index (χ3v) is 3.53. The van der Waals surface area contributed by atoms with E-state index in [0.717, 1.165) is 17.0 Å². The lowest BCUT2D eigenvalue weighted by atomic mass is 10.2. The molecular formula is C15H18N6O. The van der Waals surface area contributed by atoms with E-state index in [9.17, 15) is 4.79 Å². The van der Waals surface area contributed by atoms with E-state index in [1.165, 1.54) is 0 Å². The predicted molar refractivity (Wildman–Crippen MR) is 81.6 cm³/mol. The van der Waals surface area contributed by atoms with Gasteiger partial charge >= 0.3 is 0 Å². The number of fused-ring (bicyclic) bond motifs is 1. The highest BCUT2D eigenvalue weighted by Crippen LogP contribution is 2.13. The lowest BCUT2D eigenvalue weighted by Crippen LogP contribution is -2.27. The Hall–Kier alpha value is -2.70. The number of nitrogens with one attached hydrogen (secondary N) is 1. The van der Waals surface area contributed by atoms with Crippen LogP contribution in [0.25, 0.3) is 5.65 Å². The summed E-state index contributed by atoms with van der Waals surface area (Å²) in [5.41, 5.74) is 3.76. The number of carbonyl (C=O) groups is 1. The zero-order valence-electron chi connectivity index (χ0n) is 13.0. The van der Waals surface area contributed by atoms with Crippen LogP contribution in [0.3, 0.4) is 0 Å². The van der Waals surface area contributed by atoms with E-state index < -0.39 is 0 Å². The molecule has 0 aliphatic heterocycles. The van der Waals surface area contributed by atoms with Gasteiger partial charge in [-0.1, -0.05) is 0 Å². The fraction of sp³-hybridized carbons (Fsp3) is 0.333. The van der Waals surface area contributed by atoms with Crippen molar-refractivity contribution in [1.29, 1.82) is 0 Å². The van der Waals surface area contributed by atoms with Gasteiger partial charge in [-0.2, -0.15) is 10.2 Å². The van der Waals surface area contributed by atoms with Crippen molar-refractivity contribution >= 4 is 11.6 Å². The third-order valence-electron chi connectivity index (χ3n) is 3.53. The number of aryl methyl sites for hydroxylation is 3. The van der Waals surface area contributed by atoms with E-state index in [0.29, 0.717) is 11.3 Å².